The van der Waals surface area contributed by atoms with E-state index in [0.717, 1.165) is 16.9 Å². The van der Waals surface area contributed by atoms with E-state index in [4.69, 9.17) is 11.6 Å². The number of non-ortho nitro benzene ring substituents is 1. The second kappa shape index (κ2) is 6.01. The van der Waals surface area contributed by atoms with Crippen molar-refractivity contribution >= 4 is 46.1 Å². The molecule has 0 radical (unpaired) electrons. The number of rotatable bonds is 3. The molecule has 0 spiro atoms. The van der Waals surface area contributed by atoms with Gasteiger partial charge in [0.25, 0.3) is 5.69 Å². The van der Waals surface area contributed by atoms with Gasteiger partial charge in [-0.3, -0.25) is 10.1 Å². The second-order valence-electron chi connectivity index (χ2n) is 5.40. The maximum absolute atomic E-state index is 11.1. The predicted octanol–water partition coefficient (Wildman–Crippen LogP) is 3.50. The molecule has 1 aliphatic heterocycles. The van der Waals surface area contributed by atoms with E-state index in [1.165, 1.54) is 6.07 Å². The third-order valence-corrected chi connectivity index (χ3v) is 4.84. The maximum Gasteiger partial charge on any atom is 0.271 e. The topological polar surface area (TPSA) is 89.5 Å². The molecule has 0 amide bonds. The van der Waals surface area contributed by atoms with Crippen LogP contribution in [0.3, 0.4) is 0 Å². The number of nitro benzene ring substituents is 1. The molecule has 0 saturated heterocycles. The molecule has 4 rings (SSSR count). The van der Waals surface area contributed by atoms with Gasteiger partial charge in [-0.15, -0.1) is 22.0 Å². The summed E-state index contributed by atoms with van der Waals surface area (Å²) < 4.78 is 1.57. The van der Waals surface area contributed by atoms with Gasteiger partial charge in [0.05, 0.1) is 22.2 Å². The van der Waals surface area contributed by atoms with E-state index in [9.17, 15) is 10.1 Å². The van der Waals surface area contributed by atoms with Crippen molar-refractivity contribution in [2.75, 3.05) is 10.8 Å². The number of halogens is 1. The van der Waals surface area contributed by atoms with Crippen LogP contribution in [0.5, 0.6) is 0 Å². The number of nitrogens with zero attached hydrogens (tertiary/aromatic N) is 6. The molecule has 0 atom stereocenters. The van der Waals surface area contributed by atoms with E-state index < -0.39 is 4.92 Å². The van der Waals surface area contributed by atoms with E-state index in [1.807, 2.05) is 17.2 Å². The van der Waals surface area contributed by atoms with Gasteiger partial charge < -0.3 is 4.90 Å². The average Bonchev–Trinajstić information content (AvgIpc) is 3.20. The van der Waals surface area contributed by atoms with Gasteiger partial charge in [0.15, 0.2) is 5.65 Å². The minimum absolute atomic E-state index is 0.0455. The van der Waals surface area contributed by atoms with E-state index in [2.05, 4.69) is 15.3 Å². The first-order valence-electron chi connectivity index (χ1n) is 7.27. The Bertz CT molecular complexity index is 1030. The Morgan fingerprint density at radius 1 is 1.28 bits per heavy atom. The Hall–Kier alpha value is -2.65. The molecule has 10 heteroatoms. The summed E-state index contributed by atoms with van der Waals surface area (Å²) in [6.07, 6.45) is 0. The van der Waals surface area contributed by atoms with Crippen molar-refractivity contribution in [2.45, 2.75) is 6.92 Å². The van der Waals surface area contributed by atoms with E-state index >= 15 is 0 Å². The fraction of sp³-hybridized carbons (Fsp3) is 0.133. The third kappa shape index (κ3) is 2.71. The molecule has 3 heterocycles. The lowest BCUT2D eigenvalue weighted by Crippen LogP contribution is -2.20. The number of anilines is 1. The highest BCUT2D eigenvalue weighted by molar-refractivity contribution is 8.02. The number of hydrogen-bond acceptors (Lipinski definition) is 7. The number of hydrogen-bond donors (Lipinski definition) is 0. The molecule has 1 aromatic carbocycles. The highest BCUT2D eigenvalue weighted by Crippen LogP contribution is 2.37. The SMILES string of the molecule is Cc1ccc([N+](=O)[O-])cc1N1CSC=C1c1nnc2ccc(Cl)nn12. The Balaban J connectivity index is 1.82. The van der Waals surface area contributed by atoms with Gasteiger partial charge in [-0.25, -0.2) is 0 Å². The molecule has 0 saturated carbocycles. The molecule has 3 aromatic rings. The Labute approximate surface area is 151 Å². The van der Waals surface area contributed by atoms with Crippen molar-refractivity contribution in [1.82, 2.24) is 19.8 Å². The van der Waals surface area contributed by atoms with Crippen LogP contribution < -0.4 is 4.90 Å². The predicted molar refractivity (Wildman–Crippen MR) is 96.5 cm³/mol. The lowest BCUT2D eigenvalue weighted by Gasteiger charge is -2.22. The van der Waals surface area contributed by atoms with Crippen molar-refractivity contribution in [3.8, 4) is 0 Å². The van der Waals surface area contributed by atoms with Crippen LogP contribution in [0.15, 0.2) is 35.7 Å². The molecular formula is C15H11ClN6O2S. The molecular weight excluding hydrogens is 364 g/mol. The molecule has 126 valence electrons. The minimum atomic E-state index is -0.399. The van der Waals surface area contributed by atoms with Gasteiger partial charge in [0.2, 0.25) is 5.82 Å². The maximum atomic E-state index is 11.1. The number of benzene rings is 1. The summed E-state index contributed by atoms with van der Waals surface area (Å²) in [6, 6.07) is 8.19. The first kappa shape index (κ1) is 15.9. The minimum Gasteiger partial charge on any atom is -0.327 e. The van der Waals surface area contributed by atoms with Crippen LogP contribution in [0.25, 0.3) is 11.3 Å². The Morgan fingerprint density at radius 3 is 2.92 bits per heavy atom. The van der Waals surface area contributed by atoms with Crippen LogP contribution in [0, 0.1) is 17.0 Å². The number of aromatic nitrogens is 4. The van der Waals surface area contributed by atoms with Crippen molar-refractivity contribution < 1.29 is 4.92 Å². The van der Waals surface area contributed by atoms with Crippen molar-refractivity contribution in [3.05, 3.63) is 62.4 Å². The van der Waals surface area contributed by atoms with Crippen LogP contribution in [0.1, 0.15) is 11.4 Å². The summed E-state index contributed by atoms with van der Waals surface area (Å²) in [4.78, 5) is 12.7. The summed E-state index contributed by atoms with van der Waals surface area (Å²) in [5, 5.41) is 26.0. The highest BCUT2D eigenvalue weighted by Gasteiger charge is 2.26. The number of aryl methyl sites for hydroxylation is 1. The molecule has 8 nitrogen and oxygen atoms in total. The fourth-order valence-electron chi connectivity index (χ4n) is 2.63. The Kier molecular flexibility index (Phi) is 3.81. The molecule has 1 aliphatic rings. The van der Waals surface area contributed by atoms with Gasteiger partial charge in [-0.1, -0.05) is 17.7 Å². The lowest BCUT2D eigenvalue weighted by molar-refractivity contribution is -0.384. The summed E-state index contributed by atoms with van der Waals surface area (Å²) >= 11 is 7.56. The van der Waals surface area contributed by atoms with Gasteiger partial charge in [0.1, 0.15) is 5.15 Å². The van der Waals surface area contributed by atoms with Crippen molar-refractivity contribution in [2.24, 2.45) is 0 Å². The average molecular weight is 375 g/mol. The third-order valence-electron chi connectivity index (χ3n) is 3.84. The van der Waals surface area contributed by atoms with E-state index in [-0.39, 0.29) is 5.69 Å². The summed E-state index contributed by atoms with van der Waals surface area (Å²) in [7, 11) is 0. The molecule has 0 unspecified atom stereocenters. The van der Waals surface area contributed by atoms with Gasteiger partial charge in [-0.05, 0) is 24.6 Å². The van der Waals surface area contributed by atoms with Crippen molar-refractivity contribution in [1.29, 1.82) is 0 Å². The smallest absolute Gasteiger partial charge is 0.271 e. The van der Waals surface area contributed by atoms with Crippen LogP contribution in [-0.2, 0) is 0 Å². The molecule has 0 bridgehead atoms. The number of thioether (sulfide) groups is 1. The van der Waals surface area contributed by atoms with Gasteiger partial charge >= 0.3 is 0 Å². The Morgan fingerprint density at radius 2 is 2.12 bits per heavy atom. The summed E-state index contributed by atoms with van der Waals surface area (Å²) in [5.74, 6) is 1.15. The molecule has 0 aliphatic carbocycles. The normalized spacial score (nSPS) is 14.2. The number of fused-ring (bicyclic) bond motifs is 1. The van der Waals surface area contributed by atoms with Crippen LogP contribution in [0.4, 0.5) is 11.4 Å². The zero-order valence-electron chi connectivity index (χ0n) is 13.0. The second-order valence-corrected chi connectivity index (χ2v) is 6.62. The van der Waals surface area contributed by atoms with Crippen LogP contribution >= 0.6 is 23.4 Å². The molecule has 0 fully saturated rings. The summed E-state index contributed by atoms with van der Waals surface area (Å²) in [5.41, 5.74) is 3.08. The van der Waals surface area contributed by atoms with E-state index in [0.29, 0.717) is 22.5 Å². The van der Waals surface area contributed by atoms with Crippen LogP contribution in [0.2, 0.25) is 5.15 Å². The number of nitro groups is 1. The quantitative estimate of drug-likeness (QED) is 0.512. The van der Waals surface area contributed by atoms with Gasteiger partial charge in [-0.2, -0.15) is 9.61 Å². The standard InChI is InChI=1S/C15H11ClN6O2S/c1-9-2-3-10(22(23)24)6-11(9)20-8-25-7-12(20)15-18-17-14-5-4-13(16)19-21(14)15/h2-7H,8H2,1H3. The largest absolute Gasteiger partial charge is 0.327 e. The van der Waals surface area contributed by atoms with Crippen LogP contribution in [-0.4, -0.2) is 30.6 Å². The molecule has 25 heavy (non-hydrogen) atoms. The van der Waals surface area contributed by atoms with Crippen molar-refractivity contribution in [3.63, 3.8) is 0 Å². The zero-order chi connectivity index (χ0) is 17.6. The first-order chi connectivity index (χ1) is 12.0. The highest BCUT2D eigenvalue weighted by atomic mass is 35.5. The molecule has 2 aromatic heterocycles. The summed E-state index contributed by atoms with van der Waals surface area (Å²) in [6.45, 7) is 1.91. The monoisotopic (exact) mass is 374 g/mol. The van der Waals surface area contributed by atoms with E-state index in [1.54, 1.807) is 40.5 Å². The molecule has 0 N–H and O–H groups in total. The fourth-order valence-corrected chi connectivity index (χ4v) is 3.66. The first-order valence-corrected chi connectivity index (χ1v) is 8.70. The zero-order valence-corrected chi connectivity index (χ0v) is 14.5. The lowest BCUT2D eigenvalue weighted by atomic mass is 10.1. The van der Waals surface area contributed by atoms with Gasteiger partial charge in [0, 0.05) is 17.5 Å².